The Morgan fingerprint density at radius 2 is 1.62 bits per heavy atom. The molecule has 3 aliphatic carbocycles. The SMILES string of the molecule is CC(=O)O[C@H]1CCC(C)C2[C@H](OC(C)=O)C[C@]3(C)[C@]4(CCC(=O)O4)CC[C@@]3(N)[C@]2(N)[C@@H](OC(C)=O)/C=C(\C)C1. The fourth-order valence-corrected chi connectivity index (χ4v) is 8.55. The van der Waals surface area contributed by atoms with Crippen molar-refractivity contribution < 1.29 is 38.1 Å². The summed E-state index contributed by atoms with van der Waals surface area (Å²) in [5, 5.41) is 0. The van der Waals surface area contributed by atoms with Gasteiger partial charge in [-0.25, -0.2) is 0 Å². The van der Waals surface area contributed by atoms with Gasteiger partial charge in [-0.3, -0.25) is 19.2 Å². The van der Waals surface area contributed by atoms with Crippen LogP contribution < -0.4 is 11.5 Å². The number of esters is 4. The maximum Gasteiger partial charge on any atom is 0.306 e. The summed E-state index contributed by atoms with van der Waals surface area (Å²) in [7, 11) is 0. The molecule has 9 atom stereocenters. The molecule has 0 aromatic heterocycles. The molecule has 2 saturated carbocycles. The molecule has 1 aliphatic heterocycles. The topological polar surface area (TPSA) is 157 Å². The Balaban J connectivity index is 1.95. The summed E-state index contributed by atoms with van der Waals surface area (Å²) in [5.41, 5.74) is 11.7. The minimum Gasteiger partial charge on any atom is -0.462 e. The molecule has 0 radical (unpaired) electrons. The van der Waals surface area contributed by atoms with Crippen molar-refractivity contribution in [1.82, 2.24) is 0 Å². The van der Waals surface area contributed by atoms with Gasteiger partial charge in [0.2, 0.25) is 0 Å². The number of carbonyl (C=O) groups is 4. The predicted octanol–water partition coefficient (Wildman–Crippen LogP) is 2.84. The van der Waals surface area contributed by atoms with Crippen molar-refractivity contribution in [3.05, 3.63) is 11.6 Å². The van der Waals surface area contributed by atoms with Crippen molar-refractivity contribution in [2.75, 3.05) is 0 Å². The molecule has 10 nitrogen and oxygen atoms in total. The lowest BCUT2D eigenvalue weighted by molar-refractivity contribution is -0.210. The molecule has 3 fully saturated rings. The molecule has 0 bridgehead atoms. The van der Waals surface area contributed by atoms with Crippen molar-refractivity contribution in [2.24, 2.45) is 28.7 Å². The lowest BCUT2D eigenvalue weighted by Crippen LogP contribution is -2.85. The molecule has 1 heterocycles. The van der Waals surface area contributed by atoms with E-state index >= 15 is 0 Å². The smallest absolute Gasteiger partial charge is 0.306 e. The first kappa shape index (κ1) is 29.5. The van der Waals surface area contributed by atoms with Gasteiger partial charge >= 0.3 is 23.9 Å². The zero-order valence-electron chi connectivity index (χ0n) is 24.0. The highest BCUT2D eigenvalue weighted by Crippen LogP contribution is 2.68. The van der Waals surface area contributed by atoms with E-state index in [4.69, 9.17) is 30.4 Å². The monoisotopic (exact) mass is 548 g/mol. The van der Waals surface area contributed by atoms with Crippen LogP contribution in [-0.2, 0) is 38.1 Å². The van der Waals surface area contributed by atoms with E-state index in [1.807, 2.05) is 26.8 Å². The van der Waals surface area contributed by atoms with E-state index in [1.54, 1.807) is 0 Å². The average Bonchev–Trinajstić information content (AvgIpc) is 3.29. The van der Waals surface area contributed by atoms with Crippen LogP contribution in [0.1, 0.15) is 92.9 Å². The van der Waals surface area contributed by atoms with E-state index in [0.29, 0.717) is 44.9 Å². The molecule has 4 rings (SSSR count). The van der Waals surface area contributed by atoms with Gasteiger partial charge in [0.1, 0.15) is 23.9 Å². The highest BCUT2D eigenvalue weighted by molar-refractivity contribution is 5.73. The summed E-state index contributed by atoms with van der Waals surface area (Å²) in [6.45, 7) is 9.98. The van der Waals surface area contributed by atoms with Gasteiger partial charge in [0.25, 0.3) is 0 Å². The third kappa shape index (κ3) is 4.67. The quantitative estimate of drug-likeness (QED) is 0.305. The number of ether oxygens (including phenoxy) is 4. The zero-order valence-corrected chi connectivity index (χ0v) is 24.0. The molecule has 4 N–H and O–H groups in total. The van der Waals surface area contributed by atoms with Crippen LogP contribution in [0.3, 0.4) is 0 Å². The van der Waals surface area contributed by atoms with Gasteiger partial charge in [-0.1, -0.05) is 19.4 Å². The second-order valence-electron chi connectivity index (χ2n) is 12.6. The van der Waals surface area contributed by atoms with Crippen LogP contribution in [0.5, 0.6) is 0 Å². The van der Waals surface area contributed by atoms with Crippen molar-refractivity contribution >= 4 is 23.9 Å². The molecule has 0 aromatic rings. The summed E-state index contributed by atoms with van der Waals surface area (Å²) in [6.07, 6.45) is 3.59. The Kier molecular flexibility index (Phi) is 7.70. The molecule has 10 heteroatoms. The molecule has 1 saturated heterocycles. The summed E-state index contributed by atoms with van der Waals surface area (Å²) in [6, 6.07) is 0. The van der Waals surface area contributed by atoms with Crippen LogP contribution in [0.15, 0.2) is 11.6 Å². The summed E-state index contributed by atoms with van der Waals surface area (Å²) in [4.78, 5) is 49.3. The van der Waals surface area contributed by atoms with Crippen molar-refractivity contribution in [3.8, 4) is 0 Å². The van der Waals surface area contributed by atoms with Gasteiger partial charge < -0.3 is 30.4 Å². The first-order valence-corrected chi connectivity index (χ1v) is 14.1. The van der Waals surface area contributed by atoms with Crippen molar-refractivity contribution in [1.29, 1.82) is 0 Å². The Bertz CT molecular complexity index is 1080. The Morgan fingerprint density at radius 3 is 2.18 bits per heavy atom. The van der Waals surface area contributed by atoms with Crippen molar-refractivity contribution in [2.45, 2.75) is 128 Å². The Morgan fingerprint density at radius 1 is 0.974 bits per heavy atom. The summed E-state index contributed by atoms with van der Waals surface area (Å²) >= 11 is 0. The van der Waals surface area contributed by atoms with Gasteiger partial charge in [-0.15, -0.1) is 0 Å². The van der Waals surface area contributed by atoms with Gasteiger partial charge in [0.15, 0.2) is 0 Å². The van der Waals surface area contributed by atoms with Crippen LogP contribution >= 0.6 is 0 Å². The lowest BCUT2D eigenvalue weighted by Gasteiger charge is -2.66. The zero-order chi connectivity index (χ0) is 29.0. The minimum absolute atomic E-state index is 0.144. The van der Waals surface area contributed by atoms with Crippen LogP contribution in [0.25, 0.3) is 0 Å². The fourth-order valence-electron chi connectivity index (χ4n) is 8.55. The first-order valence-electron chi connectivity index (χ1n) is 14.1. The Labute approximate surface area is 230 Å². The number of rotatable bonds is 3. The normalized spacial score (nSPS) is 45.3. The van der Waals surface area contributed by atoms with E-state index in [0.717, 1.165) is 5.57 Å². The standard InChI is InChI=1S/C29H44N2O8/c1-16-13-21(36-18(3)32)8-7-17(2)25-22(37-19(4)33)15-26(6)27(10-9-24(35)39-27)11-12-28(26,30)29(25,31)23(14-16)38-20(5)34/h14,17,21-23,25H,7-13,15,30-31H2,1-6H3/b16-14+/t17?,21-,22+,23-,25?,26+,27-,28-,29-/m0/s1. The van der Waals surface area contributed by atoms with Gasteiger partial charge in [-0.05, 0) is 57.4 Å². The number of carbonyl (C=O) groups excluding carboxylic acids is 4. The lowest BCUT2D eigenvalue weighted by atomic mass is 9.45. The second-order valence-corrected chi connectivity index (χ2v) is 12.6. The average molecular weight is 549 g/mol. The minimum atomic E-state index is -1.38. The first-order chi connectivity index (χ1) is 18.1. The molecular formula is C29H44N2O8. The van der Waals surface area contributed by atoms with Crippen LogP contribution in [0, 0.1) is 17.3 Å². The molecule has 0 amide bonds. The van der Waals surface area contributed by atoms with Gasteiger partial charge in [0.05, 0.1) is 5.54 Å². The largest absolute Gasteiger partial charge is 0.462 e. The molecule has 39 heavy (non-hydrogen) atoms. The maximum atomic E-state index is 12.5. The van der Waals surface area contributed by atoms with Gasteiger partial charge in [0, 0.05) is 50.5 Å². The van der Waals surface area contributed by atoms with Gasteiger partial charge in [-0.2, -0.15) is 0 Å². The molecular weight excluding hydrogens is 504 g/mol. The molecule has 218 valence electrons. The van der Waals surface area contributed by atoms with Crippen LogP contribution in [0.4, 0.5) is 0 Å². The van der Waals surface area contributed by atoms with E-state index < -0.39 is 52.2 Å². The molecule has 0 aromatic carbocycles. The van der Waals surface area contributed by atoms with Crippen LogP contribution in [-0.4, -0.2) is 58.9 Å². The number of hydrogen-bond donors (Lipinski definition) is 2. The highest BCUT2D eigenvalue weighted by Gasteiger charge is 2.79. The summed E-state index contributed by atoms with van der Waals surface area (Å²) in [5.74, 6) is -2.26. The molecule has 1 spiro atoms. The Hall–Kier alpha value is -2.46. The maximum absolute atomic E-state index is 12.5. The second kappa shape index (κ2) is 10.2. The summed E-state index contributed by atoms with van der Waals surface area (Å²) < 4.78 is 23.7. The number of hydrogen-bond acceptors (Lipinski definition) is 10. The third-order valence-electron chi connectivity index (χ3n) is 10.2. The van der Waals surface area contributed by atoms with Crippen molar-refractivity contribution in [3.63, 3.8) is 0 Å². The van der Waals surface area contributed by atoms with E-state index in [9.17, 15) is 19.2 Å². The van der Waals surface area contributed by atoms with E-state index in [2.05, 4.69) is 0 Å². The predicted molar refractivity (Wildman–Crippen MR) is 141 cm³/mol. The molecule has 2 unspecified atom stereocenters. The highest BCUT2D eigenvalue weighted by atomic mass is 16.6. The molecule has 4 aliphatic rings. The number of nitrogens with two attached hydrogens (primary N) is 2. The van der Waals surface area contributed by atoms with Crippen LogP contribution in [0.2, 0.25) is 0 Å². The van der Waals surface area contributed by atoms with E-state index in [1.165, 1.54) is 20.8 Å². The fraction of sp³-hybridized carbons (Fsp3) is 0.793. The number of fused-ring (bicyclic) bond motifs is 4. The van der Waals surface area contributed by atoms with E-state index in [-0.39, 0.29) is 30.4 Å². The third-order valence-corrected chi connectivity index (χ3v) is 10.2.